The Labute approximate surface area is 74.8 Å². The van der Waals surface area contributed by atoms with Crippen LogP contribution in [0.4, 0.5) is 0 Å². The molecule has 0 aliphatic carbocycles. The van der Waals surface area contributed by atoms with Crippen LogP contribution in [-0.2, 0) is 0 Å². The molecule has 0 radical (unpaired) electrons. The number of hydrogen-bond donors (Lipinski definition) is 1. The fraction of sp³-hybridized carbons (Fsp3) is 0. The van der Waals surface area contributed by atoms with Crippen LogP contribution >= 0.6 is 11.9 Å². The highest BCUT2D eigenvalue weighted by Crippen LogP contribution is 2.06. The summed E-state index contributed by atoms with van der Waals surface area (Å²) in [6, 6.07) is 5.75. The van der Waals surface area contributed by atoms with Gasteiger partial charge in [-0.05, 0) is 24.1 Å². The number of rotatable bonds is 1. The van der Waals surface area contributed by atoms with Crippen molar-refractivity contribution in [2.45, 2.75) is 0 Å². The monoisotopic (exact) mass is 177 g/mol. The van der Waals surface area contributed by atoms with Crippen LogP contribution in [0.3, 0.4) is 0 Å². The van der Waals surface area contributed by atoms with Gasteiger partial charge < -0.3 is 4.72 Å². The fourth-order valence-electron chi connectivity index (χ4n) is 0.873. The van der Waals surface area contributed by atoms with Crippen molar-refractivity contribution in [1.82, 2.24) is 9.71 Å². The van der Waals surface area contributed by atoms with Crippen LogP contribution in [-0.4, -0.2) is 10.8 Å². The van der Waals surface area contributed by atoms with E-state index in [0.717, 1.165) is 11.5 Å². The van der Waals surface area contributed by atoms with Crippen molar-refractivity contribution >= 4 is 17.8 Å². The largest absolute Gasteiger partial charge is 0.309 e. The number of aliphatic imine (C=N–C) groups is 1. The van der Waals surface area contributed by atoms with E-state index in [0.29, 0.717) is 0 Å². The topological polar surface area (TPSA) is 37.3 Å². The third-order valence-corrected chi connectivity index (χ3v) is 1.96. The molecule has 60 valence electrons. The Morgan fingerprint density at radius 3 is 3.00 bits per heavy atom. The molecule has 12 heavy (non-hydrogen) atoms. The summed E-state index contributed by atoms with van der Waals surface area (Å²) in [6.07, 6.45) is 3.51. The molecule has 0 fully saturated rings. The molecule has 0 saturated heterocycles. The fourth-order valence-corrected chi connectivity index (χ4v) is 1.33. The van der Waals surface area contributed by atoms with Gasteiger partial charge in [0.1, 0.15) is 5.69 Å². The molecule has 1 aliphatic heterocycles. The first-order chi connectivity index (χ1) is 5.97. The summed E-state index contributed by atoms with van der Waals surface area (Å²) in [5.41, 5.74) is 0.870. The zero-order valence-electron chi connectivity index (χ0n) is 6.27. The van der Waals surface area contributed by atoms with Crippen LogP contribution in [0.1, 0.15) is 5.69 Å². The molecule has 1 N–H and O–H groups in total. The van der Waals surface area contributed by atoms with E-state index < -0.39 is 0 Å². The number of nitrogens with zero attached hydrogens (tertiary/aromatic N) is 2. The molecule has 0 unspecified atom stereocenters. The molecule has 1 aromatic rings. The van der Waals surface area contributed by atoms with Crippen molar-refractivity contribution in [1.29, 1.82) is 0 Å². The lowest BCUT2D eigenvalue weighted by molar-refractivity contribution is 1.25. The Hall–Kier alpha value is -1.29. The number of hydrogen-bond acceptors (Lipinski definition) is 4. The maximum atomic E-state index is 4.16. The average molecular weight is 177 g/mol. The first kappa shape index (κ1) is 7.36. The molecule has 0 spiro atoms. The lowest BCUT2D eigenvalue weighted by atomic mass is 10.3. The van der Waals surface area contributed by atoms with Crippen molar-refractivity contribution in [3.63, 3.8) is 0 Å². The van der Waals surface area contributed by atoms with Crippen LogP contribution in [0, 0.1) is 0 Å². The highest BCUT2D eigenvalue weighted by atomic mass is 32.2. The maximum Gasteiger partial charge on any atom is 0.162 e. The van der Waals surface area contributed by atoms with Gasteiger partial charge in [0.25, 0.3) is 0 Å². The minimum absolute atomic E-state index is 0.808. The van der Waals surface area contributed by atoms with E-state index in [1.165, 1.54) is 11.9 Å². The van der Waals surface area contributed by atoms with E-state index in [2.05, 4.69) is 14.7 Å². The van der Waals surface area contributed by atoms with E-state index in [9.17, 15) is 0 Å². The van der Waals surface area contributed by atoms with E-state index >= 15 is 0 Å². The molecule has 0 amide bonds. The Kier molecular flexibility index (Phi) is 2.09. The van der Waals surface area contributed by atoms with Gasteiger partial charge in [0.15, 0.2) is 5.84 Å². The standard InChI is InChI=1S/C8H7N3S/c1-2-4-9-7(3-1)8-10-5-6-12-11-8/h1-6H,(H,10,11). The molecular weight excluding hydrogens is 170 g/mol. The third-order valence-electron chi connectivity index (χ3n) is 1.40. The molecule has 2 rings (SSSR count). The van der Waals surface area contributed by atoms with Gasteiger partial charge in [-0.3, -0.25) is 4.98 Å². The van der Waals surface area contributed by atoms with Crippen molar-refractivity contribution < 1.29 is 0 Å². The molecule has 2 heterocycles. The van der Waals surface area contributed by atoms with Gasteiger partial charge in [0.05, 0.1) is 0 Å². The SMILES string of the molecule is C1=CSNC(c2ccccn2)=N1. The second-order valence-corrected chi connectivity index (χ2v) is 2.91. The highest BCUT2D eigenvalue weighted by Gasteiger charge is 2.03. The Balaban J connectivity index is 2.31. The summed E-state index contributed by atoms with van der Waals surface area (Å²) in [4.78, 5) is 8.30. The Morgan fingerprint density at radius 2 is 2.33 bits per heavy atom. The number of nitrogens with one attached hydrogen (secondary N) is 1. The van der Waals surface area contributed by atoms with Crippen molar-refractivity contribution in [3.8, 4) is 0 Å². The lowest BCUT2D eigenvalue weighted by Crippen LogP contribution is -2.19. The van der Waals surface area contributed by atoms with Gasteiger partial charge in [-0.1, -0.05) is 6.07 Å². The van der Waals surface area contributed by atoms with E-state index in [4.69, 9.17) is 0 Å². The highest BCUT2D eigenvalue weighted by molar-refractivity contribution is 8.00. The number of aromatic nitrogens is 1. The van der Waals surface area contributed by atoms with E-state index in [1.807, 2.05) is 23.6 Å². The number of amidine groups is 1. The molecule has 0 atom stereocenters. The van der Waals surface area contributed by atoms with E-state index in [1.54, 1.807) is 12.4 Å². The molecule has 1 aromatic heterocycles. The average Bonchev–Trinajstić information content (AvgIpc) is 2.21. The quantitative estimate of drug-likeness (QED) is 0.661. The van der Waals surface area contributed by atoms with Gasteiger partial charge in [0.2, 0.25) is 0 Å². The van der Waals surface area contributed by atoms with Gasteiger partial charge in [-0.2, -0.15) is 0 Å². The van der Waals surface area contributed by atoms with Crippen LogP contribution in [0.15, 0.2) is 41.0 Å². The van der Waals surface area contributed by atoms with Crippen molar-refractivity contribution in [3.05, 3.63) is 41.7 Å². The van der Waals surface area contributed by atoms with Crippen molar-refractivity contribution in [2.75, 3.05) is 0 Å². The predicted molar refractivity (Wildman–Crippen MR) is 50.6 cm³/mol. The second-order valence-electron chi connectivity index (χ2n) is 2.20. The molecule has 0 aromatic carbocycles. The lowest BCUT2D eigenvalue weighted by Gasteiger charge is -2.07. The molecule has 1 aliphatic rings. The van der Waals surface area contributed by atoms with Gasteiger partial charge in [-0.25, -0.2) is 4.99 Å². The summed E-state index contributed by atoms with van der Waals surface area (Å²) in [5.74, 6) is 0.808. The Bertz CT molecular complexity index is 318. The van der Waals surface area contributed by atoms with Gasteiger partial charge in [0, 0.05) is 17.8 Å². The number of pyridine rings is 1. The van der Waals surface area contributed by atoms with Crippen LogP contribution in [0.5, 0.6) is 0 Å². The normalized spacial score (nSPS) is 15.2. The second kappa shape index (κ2) is 3.40. The summed E-state index contributed by atoms with van der Waals surface area (Å²) in [6.45, 7) is 0. The van der Waals surface area contributed by atoms with Crippen molar-refractivity contribution in [2.24, 2.45) is 4.99 Å². The summed E-state index contributed by atoms with van der Waals surface area (Å²) < 4.78 is 3.05. The first-order valence-corrected chi connectivity index (χ1v) is 4.41. The van der Waals surface area contributed by atoms with Crippen LogP contribution in [0.25, 0.3) is 0 Å². The zero-order valence-corrected chi connectivity index (χ0v) is 7.08. The summed E-state index contributed by atoms with van der Waals surface area (Å²) in [7, 11) is 0. The zero-order chi connectivity index (χ0) is 8.23. The smallest absolute Gasteiger partial charge is 0.162 e. The molecule has 3 nitrogen and oxygen atoms in total. The summed E-state index contributed by atoms with van der Waals surface area (Å²) >= 11 is 1.50. The molecule has 0 bridgehead atoms. The van der Waals surface area contributed by atoms with Gasteiger partial charge in [-0.15, -0.1) is 0 Å². The Morgan fingerprint density at radius 1 is 1.33 bits per heavy atom. The molecule has 0 saturated carbocycles. The minimum atomic E-state index is 0.808. The van der Waals surface area contributed by atoms with E-state index in [-0.39, 0.29) is 0 Å². The van der Waals surface area contributed by atoms with Gasteiger partial charge >= 0.3 is 0 Å². The van der Waals surface area contributed by atoms with Crippen LogP contribution in [0.2, 0.25) is 0 Å². The molecule has 4 heteroatoms. The predicted octanol–water partition coefficient (Wildman–Crippen LogP) is 1.55. The molecular formula is C8H7N3S. The third kappa shape index (κ3) is 1.48. The maximum absolute atomic E-state index is 4.16. The first-order valence-electron chi connectivity index (χ1n) is 3.53. The summed E-state index contributed by atoms with van der Waals surface area (Å²) in [5, 5.41) is 1.88. The minimum Gasteiger partial charge on any atom is -0.309 e. The van der Waals surface area contributed by atoms with Crippen LogP contribution < -0.4 is 4.72 Å².